The van der Waals surface area contributed by atoms with Gasteiger partial charge >= 0.3 is 5.69 Å². The molecule has 29 heavy (non-hydrogen) atoms. The Bertz CT molecular complexity index is 1210. The molecule has 1 saturated carbocycles. The van der Waals surface area contributed by atoms with E-state index < -0.39 is 11.2 Å². The Balaban J connectivity index is 1.79. The van der Waals surface area contributed by atoms with Crippen molar-refractivity contribution in [2.75, 3.05) is 0 Å². The van der Waals surface area contributed by atoms with E-state index >= 15 is 0 Å². The topological polar surface area (TPSA) is 110 Å². The Morgan fingerprint density at radius 1 is 1.28 bits per heavy atom. The van der Waals surface area contributed by atoms with Crippen molar-refractivity contribution in [1.82, 2.24) is 24.8 Å². The number of fused-ring (bicyclic) bond motifs is 1. The van der Waals surface area contributed by atoms with Gasteiger partial charge in [0.05, 0.1) is 23.2 Å². The molecular formula is C21H23N5O3. The van der Waals surface area contributed by atoms with Gasteiger partial charge in [0, 0.05) is 23.9 Å². The van der Waals surface area contributed by atoms with Gasteiger partial charge in [0.1, 0.15) is 0 Å². The van der Waals surface area contributed by atoms with Crippen LogP contribution >= 0.6 is 0 Å². The summed E-state index contributed by atoms with van der Waals surface area (Å²) in [6, 6.07) is 7.29. The van der Waals surface area contributed by atoms with Crippen molar-refractivity contribution in [3.8, 4) is 0 Å². The van der Waals surface area contributed by atoms with Gasteiger partial charge in [0.15, 0.2) is 5.65 Å². The predicted octanol–water partition coefficient (Wildman–Crippen LogP) is 2.01. The normalized spacial score (nSPS) is 13.6. The summed E-state index contributed by atoms with van der Waals surface area (Å²) in [6.45, 7) is 4.49. The number of aromatic nitrogens is 4. The first-order valence-corrected chi connectivity index (χ1v) is 9.86. The van der Waals surface area contributed by atoms with Crippen molar-refractivity contribution in [2.24, 2.45) is 0 Å². The molecule has 0 radical (unpaired) electrons. The van der Waals surface area contributed by atoms with Gasteiger partial charge < -0.3 is 5.32 Å². The van der Waals surface area contributed by atoms with E-state index in [2.05, 4.69) is 20.3 Å². The van der Waals surface area contributed by atoms with Crippen LogP contribution in [0.2, 0.25) is 0 Å². The van der Waals surface area contributed by atoms with Gasteiger partial charge in [-0.25, -0.2) is 9.78 Å². The van der Waals surface area contributed by atoms with Crippen LogP contribution in [0.15, 0.2) is 33.9 Å². The van der Waals surface area contributed by atoms with Crippen LogP contribution in [0, 0.1) is 6.92 Å². The summed E-state index contributed by atoms with van der Waals surface area (Å²) in [4.78, 5) is 49.2. The highest BCUT2D eigenvalue weighted by atomic mass is 16.2. The molecule has 1 aliphatic rings. The molecule has 0 aliphatic heterocycles. The van der Waals surface area contributed by atoms with E-state index in [0.29, 0.717) is 13.0 Å². The summed E-state index contributed by atoms with van der Waals surface area (Å²) < 4.78 is 1.45. The Morgan fingerprint density at radius 3 is 2.76 bits per heavy atom. The minimum Gasteiger partial charge on any atom is -0.346 e. The summed E-state index contributed by atoms with van der Waals surface area (Å²) in [5.41, 5.74) is 1.79. The molecule has 0 unspecified atom stereocenters. The fourth-order valence-electron chi connectivity index (χ4n) is 3.46. The Morgan fingerprint density at radius 2 is 2.07 bits per heavy atom. The number of aromatic amines is 1. The second-order valence-electron chi connectivity index (χ2n) is 7.43. The number of H-pyrrole nitrogens is 1. The smallest absolute Gasteiger partial charge is 0.329 e. The van der Waals surface area contributed by atoms with Crippen LogP contribution < -0.4 is 16.6 Å². The van der Waals surface area contributed by atoms with Gasteiger partial charge in [-0.05, 0) is 44.4 Å². The lowest BCUT2D eigenvalue weighted by atomic mass is 10.1. The molecule has 0 bridgehead atoms. The van der Waals surface area contributed by atoms with E-state index in [4.69, 9.17) is 0 Å². The zero-order chi connectivity index (χ0) is 20.5. The highest BCUT2D eigenvalue weighted by Crippen LogP contribution is 2.39. The molecule has 8 nitrogen and oxygen atoms in total. The maximum atomic E-state index is 13.0. The SMILES string of the molecule is CCCn1c(=O)[nH]c(=O)c2c(C(=O)NCc3cccc(C)n3)cc(C3CC3)nc21. The fraction of sp³-hybridized carbons (Fsp3) is 0.381. The lowest BCUT2D eigenvalue weighted by Gasteiger charge is -2.13. The van der Waals surface area contributed by atoms with Crippen LogP contribution in [0.3, 0.4) is 0 Å². The molecule has 150 valence electrons. The van der Waals surface area contributed by atoms with E-state index in [9.17, 15) is 14.4 Å². The van der Waals surface area contributed by atoms with E-state index in [1.165, 1.54) is 4.57 Å². The average molecular weight is 393 g/mol. The number of nitrogens with one attached hydrogen (secondary N) is 2. The first kappa shape index (κ1) is 19.0. The number of hydrogen-bond donors (Lipinski definition) is 2. The van der Waals surface area contributed by atoms with E-state index in [1.807, 2.05) is 32.0 Å². The molecule has 0 spiro atoms. The first-order chi connectivity index (χ1) is 14.0. The van der Waals surface area contributed by atoms with Gasteiger partial charge in [-0.2, -0.15) is 0 Å². The zero-order valence-electron chi connectivity index (χ0n) is 16.5. The summed E-state index contributed by atoms with van der Waals surface area (Å²) in [6.07, 6.45) is 2.69. The molecule has 0 saturated heterocycles. The molecule has 0 aromatic carbocycles. The number of aryl methyl sites for hydroxylation is 2. The Hall–Kier alpha value is -3.29. The van der Waals surface area contributed by atoms with Crippen LogP contribution in [0.25, 0.3) is 11.0 Å². The molecule has 3 heterocycles. The van der Waals surface area contributed by atoms with E-state index in [1.54, 1.807) is 6.07 Å². The molecule has 4 rings (SSSR count). The second-order valence-corrected chi connectivity index (χ2v) is 7.43. The molecule has 8 heteroatoms. The molecule has 0 atom stereocenters. The molecule has 1 aliphatic carbocycles. The number of hydrogen-bond acceptors (Lipinski definition) is 5. The predicted molar refractivity (Wildman–Crippen MR) is 109 cm³/mol. The van der Waals surface area contributed by atoms with Crippen LogP contribution in [0.1, 0.15) is 59.5 Å². The average Bonchev–Trinajstić information content (AvgIpc) is 3.54. The van der Waals surface area contributed by atoms with Crippen molar-refractivity contribution in [1.29, 1.82) is 0 Å². The quantitative estimate of drug-likeness (QED) is 0.666. The van der Waals surface area contributed by atoms with Gasteiger partial charge in [-0.1, -0.05) is 13.0 Å². The van der Waals surface area contributed by atoms with E-state index in [0.717, 1.165) is 29.9 Å². The third-order valence-corrected chi connectivity index (χ3v) is 5.03. The van der Waals surface area contributed by atoms with Gasteiger partial charge in [0.2, 0.25) is 0 Å². The van der Waals surface area contributed by atoms with Gasteiger partial charge in [-0.15, -0.1) is 0 Å². The maximum Gasteiger partial charge on any atom is 0.329 e. The van der Waals surface area contributed by atoms with Crippen molar-refractivity contribution in [3.05, 3.63) is 67.7 Å². The van der Waals surface area contributed by atoms with Gasteiger partial charge in [0.25, 0.3) is 11.5 Å². The van der Waals surface area contributed by atoms with Crippen molar-refractivity contribution < 1.29 is 4.79 Å². The highest BCUT2D eigenvalue weighted by molar-refractivity contribution is 6.05. The minimum atomic E-state index is -0.592. The fourth-order valence-corrected chi connectivity index (χ4v) is 3.46. The molecule has 3 aromatic rings. The lowest BCUT2D eigenvalue weighted by Crippen LogP contribution is -2.33. The summed E-state index contributed by atoms with van der Waals surface area (Å²) >= 11 is 0. The molecule has 3 aromatic heterocycles. The molecule has 1 fully saturated rings. The summed E-state index contributed by atoms with van der Waals surface area (Å²) in [7, 11) is 0. The number of pyridine rings is 2. The van der Waals surface area contributed by atoms with Gasteiger partial charge in [-0.3, -0.25) is 24.1 Å². The van der Waals surface area contributed by atoms with Crippen molar-refractivity contribution in [2.45, 2.75) is 52.1 Å². The highest BCUT2D eigenvalue weighted by Gasteiger charge is 2.28. The number of carbonyl (C=O) groups is 1. The maximum absolute atomic E-state index is 13.0. The number of amides is 1. The van der Waals surface area contributed by atoms with Crippen LogP contribution in [-0.4, -0.2) is 25.4 Å². The standard InChI is InChI=1S/C21H23N5O3/c1-3-9-26-18-17(20(28)25-21(26)29)15(10-16(24-18)13-7-8-13)19(27)22-11-14-6-4-5-12(2)23-14/h4-6,10,13H,3,7-9,11H2,1-2H3,(H,22,27)(H,25,28,29). The zero-order valence-corrected chi connectivity index (χ0v) is 16.5. The second kappa shape index (κ2) is 7.62. The molecule has 2 N–H and O–H groups in total. The molecule has 1 amide bonds. The third kappa shape index (κ3) is 3.83. The minimum absolute atomic E-state index is 0.150. The largest absolute Gasteiger partial charge is 0.346 e. The van der Waals surface area contributed by atoms with Crippen LogP contribution in [0.5, 0.6) is 0 Å². The Labute approximate surface area is 167 Å². The third-order valence-electron chi connectivity index (χ3n) is 5.03. The van der Waals surface area contributed by atoms with Crippen molar-refractivity contribution >= 4 is 16.9 Å². The first-order valence-electron chi connectivity index (χ1n) is 9.86. The van der Waals surface area contributed by atoms with Crippen LogP contribution in [0.4, 0.5) is 0 Å². The van der Waals surface area contributed by atoms with E-state index in [-0.39, 0.29) is 35.0 Å². The number of nitrogens with zero attached hydrogens (tertiary/aromatic N) is 3. The number of carbonyl (C=O) groups excluding carboxylic acids is 1. The van der Waals surface area contributed by atoms with Crippen molar-refractivity contribution in [3.63, 3.8) is 0 Å². The van der Waals surface area contributed by atoms with Crippen LogP contribution in [-0.2, 0) is 13.1 Å². The summed E-state index contributed by atoms with van der Waals surface area (Å²) in [5, 5.41) is 3.00. The number of rotatable bonds is 6. The summed E-state index contributed by atoms with van der Waals surface area (Å²) in [5.74, 6) is -0.108. The monoisotopic (exact) mass is 393 g/mol. The lowest BCUT2D eigenvalue weighted by molar-refractivity contribution is 0.0951. The Kier molecular flexibility index (Phi) is 5.00. The molecular weight excluding hydrogens is 370 g/mol.